The number of aliphatic hydroxyl groups excluding tert-OH is 1. The molecular weight excluding hydrogens is 260 g/mol. The van der Waals surface area contributed by atoms with E-state index in [9.17, 15) is 5.11 Å². The normalized spacial score (nSPS) is 12.1. The van der Waals surface area contributed by atoms with Gasteiger partial charge in [-0.1, -0.05) is 48.5 Å². The number of para-hydroxylation sites is 1. The van der Waals surface area contributed by atoms with Crippen molar-refractivity contribution in [2.24, 2.45) is 0 Å². The maximum atomic E-state index is 9.32. The first kappa shape index (κ1) is 15.6. The molecule has 0 heterocycles. The molecule has 2 aromatic carbocycles. The fourth-order valence-corrected chi connectivity index (χ4v) is 2.35. The van der Waals surface area contributed by atoms with Gasteiger partial charge in [0.25, 0.3) is 0 Å². The van der Waals surface area contributed by atoms with Crippen LogP contribution in [0.15, 0.2) is 54.6 Å². The Bertz CT molecular complexity index is 520. The number of unbranched alkanes of at least 4 members (excludes halogenated alkanes) is 1. The number of hydrogen-bond acceptors (Lipinski definition) is 2. The monoisotopic (exact) mass is 284 g/mol. The summed E-state index contributed by atoms with van der Waals surface area (Å²) >= 11 is 0. The van der Waals surface area contributed by atoms with Crippen molar-refractivity contribution in [1.82, 2.24) is 0 Å². The number of rotatable bonds is 8. The van der Waals surface area contributed by atoms with E-state index in [1.165, 1.54) is 17.5 Å². The third-order valence-corrected chi connectivity index (χ3v) is 3.46. The van der Waals surface area contributed by atoms with Crippen molar-refractivity contribution in [3.8, 4) is 5.75 Å². The maximum absolute atomic E-state index is 9.32. The highest BCUT2D eigenvalue weighted by molar-refractivity contribution is 5.33. The van der Waals surface area contributed by atoms with Gasteiger partial charge in [-0.15, -0.1) is 0 Å². The van der Waals surface area contributed by atoms with Gasteiger partial charge in [-0.25, -0.2) is 0 Å². The van der Waals surface area contributed by atoms with Crippen LogP contribution in [0, 0.1) is 0 Å². The van der Waals surface area contributed by atoms with Crippen LogP contribution in [0.3, 0.4) is 0 Å². The van der Waals surface area contributed by atoms with Gasteiger partial charge in [-0.2, -0.15) is 0 Å². The average molecular weight is 284 g/mol. The summed E-state index contributed by atoms with van der Waals surface area (Å²) in [5.41, 5.74) is 2.63. The van der Waals surface area contributed by atoms with Crippen LogP contribution in [0.25, 0.3) is 0 Å². The van der Waals surface area contributed by atoms with Gasteiger partial charge in [-0.3, -0.25) is 0 Å². The van der Waals surface area contributed by atoms with E-state index in [1.807, 2.05) is 18.2 Å². The Morgan fingerprint density at radius 3 is 2.33 bits per heavy atom. The van der Waals surface area contributed by atoms with E-state index in [0.717, 1.165) is 25.0 Å². The van der Waals surface area contributed by atoms with Crippen molar-refractivity contribution in [3.05, 3.63) is 65.7 Å². The smallest absolute Gasteiger partial charge is 0.122 e. The standard InChI is InChI=1S/C19H24O2/c1-16(20)15-21-19-14-8-7-13-18(19)12-6-5-11-17-9-3-2-4-10-17/h2-4,7-10,13-14,16,20H,5-6,11-12,15H2,1H3. The summed E-state index contributed by atoms with van der Waals surface area (Å²) in [4.78, 5) is 0. The Labute approximate surface area is 127 Å². The number of aliphatic hydroxyl groups is 1. The molecule has 0 aromatic heterocycles. The van der Waals surface area contributed by atoms with Crippen molar-refractivity contribution < 1.29 is 9.84 Å². The second-order valence-corrected chi connectivity index (χ2v) is 5.46. The molecule has 1 atom stereocenters. The quantitative estimate of drug-likeness (QED) is 0.742. The van der Waals surface area contributed by atoms with E-state index < -0.39 is 6.10 Å². The van der Waals surface area contributed by atoms with Crippen LogP contribution >= 0.6 is 0 Å². The third-order valence-electron chi connectivity index (χ3n) is 3.46. The Hall–Kier alpha value is -1.80. The van der Waals surface area contributed by atoms with Gasteiger partial charge >= 0.3 is 0 Å². The first-order valence-corrected chi connectivity index (χ1v) is 7.68. The molecule has 1 unspecified atom stereocenters. The summed E-state index contributed by atoms with van der Waals surface area (Å²) in [6.45, 7) is 2.09. The molecule has 0 aliphatic heterocycles. The number of aryl methyl sites for hydroxylation is 2. The van der Waals surface area contributed by atoms with Crippen molar-refractivity contribution in [1.29, 1.82) is 0 Å². The van der Waals surface area contributed by atoms with Gasteiger partial charge in [0.1, 0.15) is 12.4 Å². The summed E-state index contributed by atoms with van der Waals surface area (Å²) in [6.07, 6.45) is 4.02. The zero-order chi connectivity index (χ0) is 14.9. The molecular formula is C19H24O2. The molecule has 1 N–H and O–H groups in total. The average Bonchev–Trinajstić information content (AvgIpc) is 2.51. The molecule has 0 fully saturated rings. The molecule has 2 aromatic rings. The lowest BCUT2D eigenvalue weighted by atomic mass is 10.0. The van der Waals surface area contributed by atoms with Crippen molar-refractivity contribution in [2.75, 3.05) is 6.61 Å². The SMILES string of the molecule is CC(O)COc1ccccc1CCCCc1ccccc1. The lowest BCUT2D eigenvalue weighted by molar-refractivity contribution is 0.122. The van der Waals surface area contributed by atoms with Gasteiger partial charge in [0.2, 0.25) is 0 Å². The summed E-state index contributed by atoms with van der Waals surface area (Å²) in [5.74, 6) is 0.901. The van der Waals surface area contributed by atoms with E-state index in [2.05, 4.69) is 36.4 Å². The second kappa shape index (κ2) is 8.48. The highest BCUT2D eigenvalue weighted by Gasteiger charge is 2.04. The number of benzene rings is 2. The van der Waals surface area contributed by atoms with Gasteiger partial charge < -0.3 is 9.84 Å². The number of ether oxygens (including phenoxy) is 1. The lowest BCUT2D eigenvalue weighted by Crippen LogP contribution is -2.13. The fraction of sp³-hybridized carbons (Fsp3) is 0.368. The molecule has 2 heteroatoms. The molecule has 21 heavy (non-hydrogen) atoms. The predicted molar refractivity (Wildman–Crippen MR) is 86.7 cm³/mol. The molecule has 0 spiro atoms. The van der Waals surface area contributed by atoms with Crippen molar-refractivity contribution in [3.63, 3.8) is 0 Å². The predicted octanol–water partition coefficient (Wildman–Crippen LogP) is 4.01. The van der Waals surface area contributed by atoms with E-state index in [4.69, 9.17) is 4.74 Å². The summed E-state index contributed by atoms with van der Waals surface area (Å²) in [5, 5.41) is 9.32. The molecule has 0 aliphatic carbocycles. The fourth-order valence-electron chi connectivity index (χ4n) is 2.35. The highest BCUT2D eigenvalue weighted by Crippen LogP contribution is 2.20. The highest BCUT2D eigenvalue weighted by atomic mass is 16.5. The number of hydrogen-bond donors (Lipinski definition) is 1. The molecule has 112 valence electrons. The first-order valence-electron chi connectivity index (χ1n) is 7.68. The maximum Gasteiger partial charge on any atom is 0.122 e. The van der Waals surface area contributed by atoms with E-state index in [0.29, 0.717) is 6.61 Å². The zero-order valence-electron chi connectivity index (χ0n) is 12.7. The molecule has 0 aliphatic rings. The minimum atomic E-state index is -0.434. The Balaban J connectivity index is 1.80. The third kappa shape index (κ3) is 5.60. The van der Waals surface area contributed by atoms with Gasteiger partial charge in [0.15, 0.2) is 0 Å². The Morgan fingerprint density at radius 1 is 0.905 bits per heavy atom. The van der Waals surface area contributed by atoms with Gasteiger partial charge in [0, 0.05) is 0 Å². The van der Waals surface area contributed by atoms with Crippen LogP contribution in [0.2, 0.25) is 0 Å². The molecule has 0 saturated heterocycles. The van der Waals surface area contributed by atoms with Gasteiger partial charge in [-0.05, 0) is 49.8 Å². The molecule has 0 radical (unpaired) electrons. The van der Waals surface area contributed by atoms with E-state index >= 15 is 0 Å². The minimum Gasteiger partial charge on any atom is -0.491 e. The summed E-state index contributed by atoms with van der Waals surface area (Å²) < 4.78 is 5.66. The molecule has 0 bridgehead atoms. The van der Waals surface area contributed by atoms with Crippen LogP contribution in [-0.2, 0) is 12.8 Å². The van der Waals surface area contributed by atoms with E-state index in [1.54, 1.807) is 6.92 Å². The Morgan fingerprint density at radius 2 is 1.57 bits per heavy atom. The van der Waals surface area contributed by atoms with E-state index in [-0.39, 0.29) is 0 Å². The molecule has 2 nitrogen and oxygen atoms in total. The van der Waals surface area contributed by atoms with Crippen LogP contribution in [-0.4, -0.2) is 17.8 Å². The second-order valence-electron chi connectivity index (χ2n) is 5.46. The lowest BCUT2D eigenvalue weighted by Gasteiger charge is -2.12. The topological polar surface area (TPSA) is 29.5 Å². The van der Waals surface area contributed by atoms with Crippen LogP contribution in [0.5, 0.6) is 5.75 Å². The van der Waals surface area contributed by atoms with Crippen LogP contribution < -0.4 is 4.74 Å². The van der Waals surface area contributed by atoms with Crippen molar-refractivity contribution in [2.45, 2.75) is 38.7 Å². The van der Waals surface area contributed by atoms with Crippen LogP contribution in [0.1, 0.15) is 30.9 Å². The Kier molecular flexibility index (Phi) is 6.29. The molecule has 0 amide bonds. The van der Waals surface area contributed by atoms with Gasteiger partial charge in [0.05, 0.1) is 6.10 Å². The van der Waals surface area contributed by atoms with Crippen molar-refractivity contribution >= 4 is 0 Å². The summed E-state index contributed by atoms with van der Waals surface area (Å²) in [6, 6.07) is 18.7. The molecule has 0 saturated carbocycles. The zero-order valence-corrected chi connectivity index (χ0v) is 12.7. The summed E-state index contributed by atoms with van der Waals surface area (Å²) in [7, 11) is 0. The largest absolute Gasteiger partial charge is 0.491 e. The first-order chi connectivity index (χ1) is 10.3. The molecule has 2 rings (SSSR count). The minimum absolute atomic E-state index is 0.348. The van der Waals surface area contributed by atoms with Crippen LogP contribution in [0.4, 0.5) is 0 Å².